The van der Waals surface area contributed by atoms with Crippen LogP contribution in [0.15, 0.2) is 41.7 Å². The van der Waals surface area contributed by atoms with Crippen LogP contribution in [-0.2, 0) is 4.79 Å². The Kier molecular flexibility index (Phi) is 4.54. The van der Waals surface area contributed by atoms with Crippen LogP contribution in [0.2, 0.25) is 0 Å². The van der Waals surface area contributed by atoms with Gasteiger partial charge in [-0.05, 0) is 17.9 Å². The Morgan fingerprint density at radius 1 is 1.31 bits per heavy atom. The summed E-state index contributed by atoms with van der Waals surface area (Å²) in [6.07, 6.45) is 1.04. The number of hydrogen-bond donors (Lipinski definition) is 1. The summed E-state index contributed by atoms with van der Waals surface area (Å²) in [5.41, 5.74) is 8.41. The molecule has 0 saturated carbocycles. The lowest BCUT2D eigenvalue weighted by Crippen LogP contribution is -2.33. The molecule has 1 aliphatic carbocycles. The number of nitrogen functional groups attached to an aromatic ring is 1. The van der Waals surface area contributed by atoms with E-state index in [1.165, 1.54) is 0 Å². The normalized spacial score (nSPS) is 19.7. The molecule has 6 heteroatoms. The number of ketones is 1. The quantitative estimate of drug-likeness (QED) is 0.848. The first kappa shape index (κ1) is 19.0. The Morgan fingerprint density at radius 2 is 2.03 bits per heavy atom. The highest BCUT2D eigenvalue weighted by Crippen LogP contribution is 2.53. The largest absolute Gasteiger partial charge is 0.477 e. The number of pyridine rings is 1. The minimum Gasteiger partial charge on any atom is -0.477 e. The third-order valence-electron chi connectivity index (χ3n) is 5.39. The van der Waals surface area contributed by atoms with Gasteiger partial charge in [0.2, 0.25) is 5.88 Å². The molecule has 29 heavy (non-hydrogen) atoms. The maximum absolute atomic E-state index is 13.2. The number of anilines is 1. The van der Waals surface area contributed by atoms with Gasteiger partial charge in [0, 0.05) is 24.3 Å². The monoisotopic (exact) mass is 389 g/mol. The number of Topliss-reactive ketones (excluding diaryl/α,β-unsaturated/α-hetero) is 1. The smallest absolute Gasteiger partial charge is 0.237 e. The average Bonchev–Trinajstić information content (AvgIpc) is 2.66. The second kappa shape index (κ2) is 6.93. The molecule has 1 aromatic heterocycles. The predicted molar refractivity (Wildman–Crippen MR) is 108 cm³/mol. The van der Waals surface area contributed by atoms with Crippen LogP contribution in [0.4, 0.5) is 5.82 Å². The molecule has 1 aliphatic heterocycles. The minimum atomic E-state index is -0.422. The van der Waals surface area contributed by atoms with Crippen LogP contribution in [-0.4, -0.2) is 17.4 Å². The fourth-order valence-corrected chi connectivity index (χ4v) is 4.24. The van der Waals surface area contributed by atoms with Gasteiger partial charge in [-0.3, -0.25) is 4.79 Å². The Bertz CT molecular complexity index is 1070. The van der Waals surface area contributed by atoms with Crippen LogP contribution >= 0.6 is 0 Å². The molecule has 1 atom stereocenters. The van der Waals surface area contributed by atoms with Gasteiger partial charge in [0.05, 0.1) is 12.2 Å². The Hall–Kier alpha value is -3.33. The number of rotatable bonds is 3. The second-order valence-corrected chi connectivity index (χ2v) is 8.19. The number of nitrogens with two attached hydrogens (primary N) is 1. The fourth-order valence-electron chi connectivity index (χ4n) is 4.24. The number of fused-ring (bicyclic) bond motifs is 1. The number of nitriles is 1. The summed E-state index contributed by atoms with van der Waals surface area (Å²) in [4.78, 5) is 17.5. The third kappa shape index (κ3) is 3.13. The molecule has 0 amide bonds. The van der Waals surface area contributed by atoms with Gasteiger partial charge < -0.3 is 15.2 Å². The molecule has 148 valence electrons. The molecule has 1 aromatic carbocycles. The molecule has 0 spiro atoms. The molecule has 6 nitrogen and oxygen atoms in total. The van der Waals surface area contributed by atoms with Crippen LogP contribution in [0.5, 0.6) is 11.6 Å². The second-order valence-electron chi connectivity index (χ2n) is 8.19. The highest BCUT2D eigenvalue weighted by Gasteiger charge is 2.44. The van der Waals surface area contributed by atoms with Crippen LogP contribution in [0.25, 0.3) is 0 Å². The average molecular weight is 389 g/mol. The first-order chi connectivity index (χ1) is 13.9. The van der Waals surface area contributed by atoms with Gasteiger partial charge in [0.15, 0.2) is 17.1 Å². The molecule has 2 aliphatic rings. The zero-order valence-electron chi connectivity index (χ0n) is 16.8. The molecular formula is C23H23N3O3. The standard InChI is InChI=1S/C23H23N3O3/c1-4-28-22-14(12-24)20-19(21(25)26-22)17(13-8-6-5-7-9-13)18-15(27)10-23(2,3)11-16(18)29-20/h5-9,17H,4,10-11H2,1-3H3,(H2,25,26). The molecular weight excluding hydrogens is 366 g/mol. The van der Waals surface area contributed by atoms with Crippen LogP contribution in [0.1, 0.15) is 56.2 Å². The lowest BCUT2D eigenvalue weighted by Gasteiger charge is -2.38. The maximum Gasteiger partial charge on any atom is 0.237 e. The fraction of sp³-hybridized carbons (Fsp3) is 0.348. The SMILES string of the molecule is CCOc1nc(N)c2c(c1C#N)OC1=C(C(=O)CC(C)(C)C1)C2c1ccccc1. The van der Waals surface area contributed by atoms with E-state index in [1.807, 2.05) is 51.1 Å². The number of carbonyl (C=O) groups excluding carboxylic acids is 1. The highest BCUT2D eigenvalue weighted by molar-refractivity contribution is 6.00. The molecule has 2 heterocycles. The van der Waals surface area contributed by atoms with E-state index in [-0.39, 0.29) is 28.5 Å². The summed E-state index contributed by atoms with van der Waals surface area (Å²) in [6.45, 7) is 6.25. The molecule has 0 bridgehead atoms. The zero-order valence-corrected chi connectivity index (χ0v) is 16.8. The van der Waals surface area contributed by atoms with Crippen molar-refractivity contribution in [2.45, 2.75) is 39.5 Å². The molecule has 0 radical (unpaired) electrons. The van der Waals surface area contributed by atoms with E-state index < -0.39 is 5.92 Å². The van der Waals surface area contributed by atoms with E-state index in [1.54, 1.807) is 0 Å². The van der Waals surface area contributed by atoms with Crippen molar-refractivity contribution in [3.05, 3.63) is 58.4 Å². The van der Waals surface area contributed by atoms with Gasteiger partial charge in [0.25, 0.3) is 0 Å². The van der Waals surface area contributed by atoms with Crippen molar-refractivity contribution in [2.24, 2.45) is 5.41 Å². The molecule has 0 saturated heterocycles. The van der Waals surface area contributed by atoms with Crippen molar-refractivity contribution in [2.75, 3.05) is 12.3 Å². The van der Waals surface area contributed by atoms with E-state index in [4.69, 9.17) is 15.2 Å². The predicted octanol–water partition coefficient (Wildman–Crippen LogP) is 4.10. The van der Waals surface area contributed by atoms with Gasteiger partial charge in [0.1, 0.15) is 17.6 Å². The number of carbonyl (C=O) groups is 1. The third-order valence-corrected chi connectivity index (χ3v) is 5.39. The van der Waals surface area contributed by atoms with Gasteiger partial charge in [-0.25, -0.2) is 0 Å². The molecule has 2 aromatic rings. The van der Waals surface area contributed by atoms with Crippen LogP contribution < -0.4 is 15.2 Å². The number of hydrogen-bond acceptors (Lipinski definition) is 6. The van der Waals surface area contributed by atoms with Gasteiger partial charge in [-0.15, -0.1) is 0 Å². The van der Waals surface area contributed by atoms with E-state index in [9.17, 15) is 10.1 Å². The number of ether oxygens (including phenoxy) is 2. The first-order valence-corrected chi connectivity index (χ1v) is 9.71. The summed E-state index contributed by atoms with van der Waals surface area (Å²) in [5, 5.41) is 9.83. The van der Waals surface area contributed by atoms with Crippen molar-refractivity contribution in [1.29, 1.82) is 5.26 Å². The summed E-state index contributed by atoms with van der Waals surface area (Å²) in [7, 11) is 0. The summed E-state index contributed by atoms with van der Waals surface area (Å²) >= 11 is 0. The number of nitrogens with zero attached hydrogens (tertiary/aromatic N) is 2. The van der Waals surface area contributed by atoms with Crippen LogP contribution in [0.3, 0.4) is 0 Å². The Balaban J connectivity index is 2.02. The lowest BCUT2D eigenvalue weighted by molar-refractivity contribution is -0.118. The summed E-state index contributed by atoms with van der Waals surface area (Å²) in [6, 6.07) is 11.8. The van der Waals surface area contributed by atoms with Crippen LogP contribution in [0, 0.1) is 16.7 Å². The van der Waals surface area contributed by atoms with Crippen molar-refractivity contribution in [1.82, 2.24) is 4.98 Å². The molecule has 2 N–H and O–H groups in total. The lowest BCUT2D eigenvalue weighted by atomic mass is 9.70. The zero-order chi connectivity index (χ0) is 20.8. The van der Waals surface area contributed by atoms with Crippen molar-refractivity contribution >= 4 is 11.6 Å². The van der Waals surface area contributed by atoms with E-state index in [0.29, 0.717) is 42.1 Å². The summed E-state index contributed by atoms with van der Waals surface area (Å²) in [5.74, 6) is 0.944. The molecule has 0 fully saturated rings. The van der Waals surface area contributed by atoms with Crippen molar-refractivity contribution < 1.29 is 14.3 Å². The van der Waals surface area contributed by atoms with E-state index in [0.717, 1.165) is 5.56 Å². The van der Waals surface area contributed by atoms with Crippen molar-refractivity contribution in [3.63, 3.8) is 0 Å². The molecule has 4 rings (SSSR count). The van der Waals surface area contributed by atoms with E-state index in [2.05, 4.69) is 11.1 Å². The Labute approximate surface area is 170 Å². The highest BCUT2D eigenvalue weighted by atomic mass is 16.5. The van der Waals surface area contributed by atoms with Gasteiger partial charge in [-0.1, -0.05) is 44.2 Å². The Morgan fingerprint density at radius 3 is 2.69 bits per heavy atom. The maximum atomic E-state index is 13.2. The summed E-state index contributed by atoms with van der Waals surface area (Å²) < 4.78 is 11.8. The minimum absolute atomic E-state index is 0.0440. The van der Waals surface area contributed by atoms with Crippen molar-refractivity contribution in [3.8, 4) is 17.7 Å². The van der Waals surface area contributed by atoms with Gasteiger partial charge in [-0.2, -0.15) is 10.2 Å². The topological polar surface area (TPSA) is 98.2 Å². The number of aromatic nitrogens is 1. The first-order valence-electron chi connectivity index (χ1n) is 9.71. The van der Waals surface area contributed by atoms with Gasteiger partial charge >= 0.3 is 0 Å². The number of allylic oxidation sites excluding steroid dienone is 2. The number of benzene rings is 1. The molecule has 1 unspecified atom stereocenters. The van der Waals surface area contributed by atoms with E-state index >= 15 is 0 Å².